The first-order valence-corrected chi connectivity index (χ1v) is 3.20. The second kappa shape index (κ2) is 2.03. The molecule has 0 radical (unpaired) electrons. The Labute approximate surface area is 55.9 Å². The molecule has 0 bridgehead atoms. The van der Waals surface area contributed by atoms with Crippen LogP contribution in [0.2, 0.25) is 0 Å². The summed E-state index contributed by atoms with van der Waals surface area (Å²) >= 11 is 0. The first-order chi connectivity index (χ1) is 4.13. The molecule has 2 nitrogen and oxygen atoms in total. The fourth-order valence-corrected chi connectivity index (χ4v) is 0.817. The molecule has 0 saturated carbocycles. The summed E-state index contributed by atoms with van der Waals surface area (Å²) in [5.74, 6) is 0.841. The van der Waals surface area contributed by atoms with Crippen LogP contribution in [-0.4, -0.2) is 18.7 Å². The highest BCUT2D eigenvalue weighted by Gasteiger charge is 2.25. The summed E-state index contributed by atoms with van der Waals surface area (Å²) in [6, 6.07) is 0. The van der Waals surface area contributed by atoms with E-state index in [9.17, 15) is 0 Å². The minimum Gasteiger partial charge on any atom is -0.495 e. The second-order valence-electron chi connectivity index (χ2n) is 2.82. The highest BCUT2D eigenvalue weighted by Crippen LogP contribution is 2.17. The Kier molecular flexibility index (Phi) is 1.49. The maximum absolute atomic E-state index is 5.24. The smallest absolute Gasteiger partial charge is 0.108 e. The van der Waals surface area contributed by atoms with E-state index in [0.29, 0.717) is 0 Å². The first kappa shape index (κ1) is 6.62. The molecule has 0 aromatic carbocycles. The zero-order valence-corrected chi connectivity index (χ0v) is 6.03. The molecule has 0 spiro atoms. The molecule has 1 N–H and O–H groups in total. The third kappa shape index (κ3) is 1.24. The standard InChI is InChI=1S/C7H13NO/c1-6-7(2,3)8-4-5-9-6/h8H,1,4-5H2,2-3H3. The predicted molar refractivity (Wildman–Crippen MR) is 37.2 cm³/mol. The van der Waals surface area contributed by atoms with Gasteiger partial charge in [0.25, 0.3) is 0 Å². The van der Waals surface area contributed by atoms with Gasteiger partial charge in [-0.2, -0.15) is 0 Å². The van der Waals surface area contributed by atoms with Crippen molar-refractivity contribution in [2.24, 2.45) is 0 Å². The van der Waals surface area contributed by atoms with E-state index in [4.69, 9.17) is 4.74 Å². The van der Waals surface area contributed by atoms with Gasteiger partial charge in [-0.25, -0.2) is 0 Å². The van der Waals surface area contributed by atoms with Crippen molar-refractivity contribution >= 4 is 0 Å². The van der Waals surface area contributed by atoms with Gasteiger partial charge in [0.15, 0.2) is 0 Å². The van der Waals surface area contributed by atoms with Crippen LogP contribution in [0, 0.1) is 0 Å². The zero-order valence-electron chi connectivity index (χ0n) is 6.03. The molecule has 0 amide bonds. The summed E-state index contributed by atoms with van der Waals surface area (Å²) in [6.07, 6.45) is 0. The van der Waals surface area contributed by atoms with Crippen molar-refractivity contribution in [2.45, 2.75) is 19.4 Å². The third-order valence-corrected chi connectivity index (χ3v) is 1.64. The van der Waals surface area contributed by atoms with Crippen molar-refractivity contribution in [2.75, 3.05) is 13.2 Å². The van der Waals surface area contributed by atoms with Gasteiger partial charge in [-0.15, -0.1) is 0 Å². The number of morpholine rings is 1. The summed E-state index contributed by atoms with van der Waals surface area (Å²) in [4.78, 5) is 0. The topological polar surface area (TPSA) is 21.3 Å². The lowest BCUT2D eigenvalue weighted by Crippen LogP contribution is -2.47. The predicted octanol–water partition coefficient (Wildman–Crippen LogP) is 0.898. The van der Waals surface area contributed by atoms with Gasteiger partial charge in [0.2, 0.25) is 0 Å². The molecular formula is C7H13NO. The van der Waals surface area contributed by atoms with Crippen molar-refractivity contribution in [3.63, 3.8) is 0 Å². The molecule has 9 heavy (non-hydrogen) atoms. The number of ether oxygens (including phenoxy) is 1. The summed E-state index contributed by atoms with van der Waals surface area (Å²) in [6.45, 7) is 9.59. The number of hydrogen-bond acceptors (Lipinski definition) is 2. The maximum atomic E-state index is 5.24. The van der Waals surface area contributed by atoms with Gasteiger partial charge in [0, 0.05) is 6.54 Å². The molecular weight excluding hydrogens is 114 g/mol. The van der Waals surface area contributed by atoms with Gasteiger partial charge in [-0.05, 0) is 13.8 Å². The normalized spacial score (nSPS) is 25.3. The van der Waals surface area contributed by atoms with E-state index in [1.165, 1.54) is 0 Å². The Morgan fingerprint density at radius 1 is 1.67 bits per heavy atom. The van der Waals surface area contributed by atoms with Crippen LogP contribution in [0.4, 0.5) is 0 Å². The molecule has 1 heterocycles. The van der Waals surface area contributed by atoms with Crippen LogP contribution in [0.15, 0.2) is 12.3 Å². The molecule has 0 aliphatic carbocycles. The van der Waals surface area contributed by atoms with Crippen LogP contribution in [-0.2, 0) is 4.74 Å². The molecule has 1 aliphatic rings. The lowest BCUT2D eigenvalue weighted by atomic mass is 10.0. The Hall–Kier alpha value is -0.500. The van der Waals surface area contributed by atoms with Crippen molar-refractivity contribution in [3.8, 4) is 0 Å². The van der Waals surface area contributed by atoms with E-state index in [1.807, 2.05) is 0 Å². The Bertz CT molecular complexity index is 129. The fourth-order valence-electron chi connectivity index (χ4n) is 0.817. The van der Waals surface area contributed by atoms with Crippen LogP contribution >= 0.6 is 0 Å². The van der Waals surface area contributed by atoms with Gasteiger partial charge in [0.05, 0.1) is 5.54 Å². The largest absolute Gasteiger partial charge is 0.495 e. The maximum Gasteiger partial charge on any atom is 0.108 e. The van der Waals surface area contributed by atoms with Crippen LogP contribution in [0.25, 0.3) is 0 Å². The monoisotopic (exact) mass is 127 g/mol. The second-order valence-corrected chi connectivity index (χ2v) is 2.82. The number of hydrogen-bond donors (Lipinski definition) is 1. The van der Waals surface area contributed by atoms with Gasteiger partial charge in [0.1, 0.15) is 12.4 Å². The van der Waals surface area contributed by atoms with Crippen LogP contribution in [0.5, 0.6) is 0 Å². The van der Waals surface area contributed by atoms with Crippen LogP contribution < -0.4 is 5.32 Å². The highest BCUT2D eigenvalue weighted by molar-refractivity contribution is 5.07. The minimum absolute atomic E-state index is 0.0295. The lowest BCUT2D eigenvalue weighted by Gasteiger charge is -2.33. The minimum atomic E-state index is -0.0295. The molecule has 0 aromatic heterocycles. The summed E-state index contributed by atoms with van der Waals surface area (Å²) in [5.41, 5.74) is -0.0295. The first-order valence-electron chi connectivity index (χ1n) is 3.20. The number of nitrogens with one attached hydrogen (secondary N) is 1. The average molecular weight is 127 g/mol. The van der Waals surface area contributed by atoms with Crippen molar-refractivity contribution in [1.29, 1.82) is 0 Å². The molecule has 52 valence electrons. The molecule has 0 aromatic rings. The quantitative estimate of drug-likeness (QED) is 0.522. The highest BCUT2D eigenvalue weighted by atomic mass is 16.5. The summed E-state index contributed by atoms with van der Waals surface area (Å²) < 4.78 is 5.24. The Morgan fingerprint density at radius 3 is 2.67 bits per heavy atom. The Balaban J connectivity index is 2.60. The fraction of sp³-hybridized carbons (Fsp3) is 0.714. The van der Waals surface area contributed by atoms with Gasteiger partial charge >= 0.3 is 0 Å². The van der Waals surface area contributed by atoms with Gasteiger partial charge in [-0.1, -0.05) is 6.58 Å². The third-order valence-electron chi connectivity index (χ3n) is 1.64. The lowest BCUT2D eigenvalue weighted by molar-refractivity contribution is 0.118. The van der Waals surface area contributed by atoms with E-state index < -0.39 is 0 Å². The molecule has 1 saturated heterocycles. The Morgan fingerprint density at radius 2 is 2.33 bits per heavy atom. The average Bonchev–Trinajstić information content (AvgIpc) is 1.77. The number of rotatable bonds is 0. The van der Waals surface area contributed by atoms with Crippen molar-refractivity contribution < 1.29 is 4.74 Å². The van der Waals surface area contributed by atoms with E-state index in [0.717, 1.165) is 18.9 Å². The zero-order chi connectivity index (χ0) is 6.91. The van der Waals surface area contributed by atoms with Gasteiger partial charge < -0.3 is 10.1 Å². The van der Waals surface area contributed by atoms with E-state index in [1.54, 1.807) is 0 Å². The van der Waals surface area contributed by atoms with E-state index >= 15 is 0 Å². The van der Waals surface area contributed by atoms with E-state index in [2.05, 4.69) is 25.7 Å². The SMILES string of the molecule is C=C1OCCNC1(C)C. The molecule has 1 rings (SSSR count). The molecule has 0 atom stereocenters. The van der Waals surface area contributed by atoms with Crippen LogP contribution in [0.1, 0.15) is 13.8 Å². The molecule has 1 aliphatic heterocycles. The van der Waals surface area contributed by atoms with E-state index in [-0.39, 0.29) is 5.54 Å². The molecule has 1 fully saturated rings. The van der Waals surface area contributed by atoms with Gasteiger partial charge in [-0.3, -0.25) is 0 Å². The summed E-state index contributed by atoms with van der Waals surface area (Å²) in [5, 5.41) is 3.28. The van der Waals surface area contributed by atoms with Crippen LogP contribution in [0.3, 0.4) is 0 Å². The van der Waals surface area contributed by atoms with Crippen molar-refractivity contribution in [1.82, 2.24) is 5.32 Å². The van der Waals surface area contributed by atoms with Crippen molar-refractivity contribution in [3.05, 3.63) is 12.3 Å². The molecule has 2 heteroatoms. The summed E-state index contributed by atoms with van der Waals surface area (Å²) in [7, 11) is 0. The molecule has 0 unspecified atom stereocenters.